The maximum Gasteiger partial charge on any atom is 0.261 e. The molecule has 7 heteroatoms. The van der Waals surface area contributed by atoms with Gasteiger partial charge in [-0.05, 0) is 56.4 Å². The van der Waals surface area contributed by atoms with Crippen LogP contribution >= 0.6 is 0 Å². The van der Waals surface area contributed by atoms with Gasteiger partial charge in [0.05, 0.1) is 5.52 Å². The second-order valence-electron chi connectivity index (χ2n) is 8.81. The lowest BCUT2D eigenvalue weighted by Gasteiger charge is -2.31. The molecule has 0 saturated heterocycles. The van der Waals surface area contributed by atoms with Crippen LogP contribution in [0, 0.1) is 0 Å². The molecule has 1 atom stereocenters. The van der Waals surface area contributed by atoms with Gasteiger partial charge in [-0.2, -0.15) is 4.98 Å². The Morgan fingerprint density at radius 2 is 1.67 bits per heavy atom. The van der Waals surface area contributed by atoms with Crippen LogP contribution in [-0.4, -0.2) is 48.2 Å². The minimum Gasteiger partial charge on any atom is -0.481 e. The van der Waals surface area contributed by atoms with E-state index in [0.29, 0.717) is 12.4 Å². The molecule has 1 aliphatic rings. The number of amides is 1. The van der Waals surface area contributed by atoms with Gasteiger partial charge in [0.2, 0.25) is 5.95 Å². The number of carbonyl (C=O) groups is 1. The Kier molecular flexibility index (Phi) is 7.27. The number of benzene rings is 2. The first-order chi connectivity index (χ1) is 16.0. The molecule has 0 radical (unpaired) electrons. The predicted molar refractivity (Wildman–Crippen MR) is 133 cm³/mol. The van der Waals surface area contributed by atoms with Crippen LogP contribution in [0.2, 0.25) is 0 Å². The molecule has 2 aromatic carbocycles. The molecule has 1 fully saturated rings. The van der Waals surface area contributed by atoms with Crippen LogP contribution in [0.25, 0.3) is 10.9 Å². The molecule has 4 rings (SSSR count). The zero-order chi connectivity index (χ0) is 23.2. The molecule has 1 unspecified atom stereocenters. The molecule has 3 aromatic rings. The molecule has 7 nitrogen and oxygen atoms in total. The molecule has 33 heavy (non-hydrogen) atoms. The molecule has 174 valence electrons. The van der Waals surface area contributed by atoms with Crippen molar-refractivity contribution in [3.63, 3.8) is 0 Å². The molecular formula is C26H33N5O2. The summed E-state index contributed by atoms with van der Waals surface area (Å²) in [5.41, 5.74) is 0.934. The number of carbonyl (C=O) groups excluding carboxylic acids is 1. The number of nitrogens with one attached hydrogen (secondary N) is 2. The Hall–Kier alpha value is -3.35. The first-order valence-corrected chi connectivity index (χ1v) is 11.8. The van der Waals surface area contributed by atoms with Crippen LogP contribution < -0.4 is 20.3 Å². The highest BCUT2D eigenvalue weighted by Crippen LogP contribution is 2.26. The molecule has 0 aliphatic heterocycles. The van der Waals surface area contributed by atoms with E-state index in [2.05, 4.69) is 10.6 Å². The average Bonchev–Trinajstić information content (AvgIpc) is 2.83. The molecule has 2 N–H and O–H groups in total. The monoisotopic (exact) mass is 447 g/mol. The number of aromatic nitrogens is 2. The Morgan fingerprint density at radius 1 is 1.00 bits per heavy atom. The van der Waals surface area contributed by atoms with E-state index in [1.165, 1.54) is 0 Å². The number of nitrogens with zero attached hydrogens (tertiary/aromatic N) is 3. The van der Waals surface area contributed by atoms with E-state index in [4.69, 9.17) is 14.7 Å². The van der Waals surface area contributed by atoms with Crippen LogP contribution in [0.3, 0.4) is 0 Å². The first-order valence-electron chi connectivity index (χ1n) is 11.8. The average molecular weight is 448 g/mol. The van der Waals surface area contributed by atoms with Gasteiger partial charge in [-0.15, -0.1) is 0 Å². The van der Waals surface area contributed by atoms with Gasteiger partial charge in [0.1, 0.15) is 11.6 Å². The molecule has 0 bridgehead atoms. The van der Waals surface area contributed by atoms with Crippen molar-refractivity contribution in [1.82, 2.24) is 15.3 Å². The summed E-state index contributed by atoms with van der Waals surface area (Å²) >= 11 is 0. The summed E-state index contributed by atoms with van der Waals surface area (Å²) in [6, 6.07) is 18.0. The maximum absolute atomic E-state index is 12.8. The largest absolute Gasteiger partial charge is 0.481 e. The topological polar surface area (TPSA) is 79.4 Å². The van der Waals surface area contributed by atoms with Crippen LogP contribution in [0.15, 0.2) is 54.6 Å². The number of ether oxygens (including phenoxy) is 1. The van der Waals surface area contributed by atoms with Crippen molar-refractivity contribution in [3.8, 4) is 5.75 Å². The third-order valence-corrected chi connectivity index (χ3v) is 6.10. The van der Waals surface area contributed by atoms with Gasteiger partial charge < -0.3 is 20.3 Å². The van der Waals surface area contributed by atoms with Crippen LogP contribution in [-0.2, 0) is 4.79 Å². The number of anilines is 2. The van der Waals surface area contributed by atoms with Crippen LogP contribution in [0.1, 0.15) is 39.0 Å². The van der Waals surface area contributed by atoms with Crippen LogP contribution in [0.4, 0.5) is 11.8 Å². The Bertz CT molecular complexity index is 1060. The standard InChI is InChI=1S/C26H33N5O2/c1-4-23(33-20-10-6-5-7-11-20)25(32)27-18-14-16-19(17-15-18)28-26-29-22-13-9-8-12-21(22)24(30-26)31(2)3/h5-13,18-19,23H,4,14-17H2,1-3H3,(H,27,32)(H,28,29,30). The third-order valence-electron chi connectivity index (χ3n) is 6.10. The van der Waals surface area contributed by atoms with Gasteiger partial charge in [0, 0.05) is 31.6 Å². The lowest BCUT2D eigenvalue weighted by Crippen LogP contribution is -2.46. The second-order valence-corrected chi connectivity index (χ2v) is 8.81. The first kappa shape index (κ1) is 22.8. The molecule has 1 saturated carbocycles. The number of hydrogen-bond donors (Lipinski definition) is 2. The fourth-order valence-electron chi connectivity index (χ4n) is 4.31. The SMILES string of the molecule is CCC(Oc1ccccc1)C(=O)NC1CCC(Nc2nc(N(C)C)c3ccccc3n2)CC1. The zero-order valence-corrected chi connectivity index (χ0v) is 19.6. The number of fused-ring (bicyclic) bond motifs is 1. The maximum atomic E-state index is 12.8. The van der Waals surface area contributed by atoms with E-state index >= 15 is 0 Å². The molecule has 0 spiro atoms. The van der Waals surface area contributed by atoms with E-state index < -0.39 is 6.10 Å². The zero-order valence-electron chi connectivity index (χ0n) is 19.6. The summed E-state index contributed by atoms with van der Waals surface area (Å²) in [5.74, 6) is 2.26. The molecule has 1 amide bonds. The van der Waals surface area contributed by atoms with E-state index in [-0.39, 0.29) is 18.0 Å². The Morgan fingerprint density at radius 3 is 2.36 bits per heavy atom. The van der Waals surface area contributed by atoms with Crippen LogP contribution in [0.5, 0.6) is 5.75 Å². The Labute approximate surface area is 195 Å². The molecule has 1 aromatic heterocycles. The lowest BCUT2D eigenvalue weighted by atomic mass is 9.91. The summed E-state index contributed by atoms with van der Waals surface area (Å²) < 4.78 is 5.89. The summed E-state index contributed by atoms with van der Waals surface area (Å²) in [5, 5.41) is 7.76. The second kappa shape index (κ2) is 10.5. The molecular weight excluding hydrogens is 414 g/mol. The van der Waals surface area contributed by atoms with Crippen molar-refractivity contribution in [2.24, 2.45) is 0 Å². The summed E-state index contributed by atoms with van der Waals surface area (Å²) in [6.45, 7) is 1.97. The van der Waals surface area contributed by atoms with Crippen molar-refractivity contribution < 1.29 is 9.53 Å². The number of hydrogen-bond acceptors (Lipinski definition) is 6. The van der Waals surface area contributed by atoms with Crippen molar-refractivity contribution in [2.45, 2.75) is 57.2 Å². The van der Waals surface area contributed by atoms with Crippen molar-refractivity contribution in [3.05, 3.63) is 54.6 Å². The van der Waals surface area contributed by atoms with E-state index in [0.717, 1.165) is 48.2 Å². The fraction of sp³-hybridized carbons (Fsp3) is 0.423. The summed E-state index contributed by atoms with van der Waals surface area (Å²) in [7, 11) is 4.00. The number of rotatable bonds is 8. The molecule has 1 aliphatic carbocycles. The van der Waals surface area contributed by atoms with Gasteiger partial charge in [0.15, 0.2) is 6.10 Å². The highest BCUT2D eigenvalue weighted by Gasteiger charge is 2.26. The third kappa shape index (κ3) is 5.72. The normalized spacial score (nSPS) is 19.0. The summed E-state index contributed by atoms with van der Waals surface area (Å²) in [6.07, 6.45) is 3.89. The van der Waals surface area contributed by atoms with Crippen molar-refractivity contribution in [1.29, 1.82) is 0 Å². The molecule has 1 heterocycles. The Balaban J connectivity index is 1.32. The van der Waals surface area contributed by atoms with Gasteiger partial charge in [-0.25, -0.2) is 4.98 Å². The summed E-state index contributed by atoms with van der Waals surface area (Å²) in [4.78, 5) is 24.3. The van der Waals surface area contributed by atoms with E-state index in [1.807, 2.05) is 80.5 Å². The van der Waals surface area contributed by atoms with Gasteiger partial charge in [-0.3, -0.25) is 4.79 Å². The number of para-hydroxylation sites is 2. The quantitative estimate of drug-likeness (QED) is 0.533. The van der Waals surface area contributed by atoms with Gasteiger partial charge in [-0.1, -0.05) is 37.3 Å². The van der Waals surface area contributed by atoms with Gasteiger partial charge >= 0.3 is 0 Å². The van der Waals surface area contributed by atoms with E-state index in [1.54, 1.807) is 0 Å². The highest BCUT2D eigenvalue weighted by molar-refractivity contribution is 5.90. The van der Waals surface area contributed by atoms with Crippen molar-refractivity contribution in [2.75, 3.05) is 24.3 Å². The smallest absolute Gasteiger partial charge is 0.261 e. The van der Waals surface area contributed by atoms with Gasteiger partial charge in [0.25, 0.3) is 5.91 Å². The fourth-order valence-corrected chi connectivity index (χ4v) is 4.31. The van der Waals surface area contributed by atoms with E-state index in [9.17, 15) is 4.79 Å². The van der Waals surface area contributed by atoms with Crippen molar-refractivity contribution >= 4 is 28.6 Å². The predicted octanol–water partition coefficient (Wildman–Crippen LogP) is 4.39. The lowest BCUT2D eigenvalue weighted by molar-refractivity contribution is -0.129. The minimum atomic E-state index is -0.473. The minimum absolute atomic E-state index is 0.0359. The highest BCUT2D eigenvalue weighted by atomic mass is 16.5.